The highest BCUT2D eigenvalue weighted by molar-refractivity contribution is 9.10. The maximum Gasteiger partial charge on any atom is 0.0832 e. The number of thiophene rings is 1. The molecule has 0 amide bonds. The van der Waals surface area contributed by atoms with E-state index in [0.717, 1.165) is 30.4 Å². The van der Waals surface area contributed by atoms with Gasteiger partial charge >= 0.3 is 0 Å². The van der Waals surface area contributed by atoms with Crippen LogP contribution in [0.15, 0.2) is 15.9 Å². The molecule has 2 nitrogen and oxygen atoms in total. The number of nitrogens with one attached hydrogen (secondary N) is 1. The van der Waals surface area contributed by atoms with Crippen molar-refractivity contribution in [3.05, 3.63) is 20.8 Å². The first kappa shape index (κ1) is 9.65. The standard InChI is InChI=1S/C9H12BrNOS/c10-7-1-4-13-8(7)5-9(12)2-3-11-6-9/h1,4,11-12H,2-3,5-6H2. The number of hydrogen-bond donors (Lipinski definition) is 2. The molecule has 0 bridgehead atoms. The number of β-amino-alcohol motifs (C(OH)–C–C–N with tert-alkyl or cyclic N) is 1. The smallest absolute Gasteiger partial charge is 0.0832 e. The molecule has 0 saturated carbocycles. The molecule has 1 unspecified atom stereocenters. The van der Waals surface area contributed by atoms with Crippen LogP contribution < -0.4 is 5.32 Å². The zero-order valence-corrected chi connectivity index (χ0v) is 9.62. The third-order valence-corrected chi connectivity index (χ3v) is 4.33. The van der Waals surface area contributed by atoms with Crippen LogP contribution in [0.2, 0.25) is 0 Å². The fourth-order valence-electron chi connectivity index (χ4n) is 1.63. The molecule has 2 rings (SSSR count). The lowest BCUT2D eigenvalue weighted by Crippen LogP contribution is -2.33. The first-order valence-electron chi connectivity index (χ1n) is 4.35. The Morgan fingerprint density at radius 2 is 2.54 bits per heavy atom. The minimum atomic E-state index is -0.520. The van der Waals surface area contributed by atoms with Gasteiger partial charge in [0.05, 0.1) is 5.60 Å². The Labute approximate surface area is 90.1 Å². The minimum absolute atomic E-state index is 0.520. The summed E-state index contributed by atoms with van der Waals surface area (Å²) in [5.41, 5.74) is -0.520. The van der Waals surface area contributed by atoms with E-state index in [1.165, 1.54) is 4.88 Å². The van der Waals surface area contributed by atoms with E-state index in [0.29, 0.717) is 0 Å². The van der Waals surface area contributed by atoms with Crippen LogP contribution in [0.25, 0.3) is 0 Å². The average Bonchev–Trinajstić information content (AvgIpc) is 2.64. The van der Waals surface area contributed by atoms with Crippen LogP contribution >= 0.6 is 27.3 Å². The van der Waals surface area contributed by atoms with Gasteiger partial charge in [0.2, 0.25) is 0 Å². The van der Waals surface area contributed by atoms with Crippen LogP contribution in [0.4, 0.5) is 0 Å². The zero-order chi connectivity index (χ0) is 9.31. The molecular formula is C9H12BrNOS. The fourth-order valence-corrected chi connectivity index (χ4v) is 3.26. The second-order valence-electron chi connectivity index (χ2n) is 3.52. The molecule has 1 aromatic rings. The lowest BCUT2D eigenvalue weighted by molar-refractivity contribution is 0.0626. The van der Waals surface area contributed by atoms with Gasteiger partial charge in [0.15, 0.2) is 0 Å². The van der Waals surface area contributed by atoms with Gasteiger partial charge in [0, 0.05) is 22.3 Å². The van der Waals surface area contributed by atoms with Gasteiger partial charge in [-0.05, 0) is 40.3 Å². The van der Waals surface area contributed by atoms with E-state index in [4.69, 9.17) is 0 Å². The lowest BCUT2D eigenvalue weighted by Gasteiger charge is -2.20. The molecule has 0 radical (unpaired) electrons. The molecule has 1 aliphatic rings. The van der Waals surface area contributed by atoms with Gasteiger partial charge in [0.25, 0.3) is 0 Å². The highest BCUT2D eigenvalue weighted by Gasteiger charge is 2.31. The molecule has 1 fully saturated rings. The van der Waals surface area contributed by atoms with Gasteiger partial charge in [-0.2, -0.15) is 0 Å². The summed E-state index contributed by atoms with van der Waals surface area (Å²) < 4.78 is 1.12. The average molecular weight is 262 g/mol. The predicted molar refractivity (Wildman–Crippen MR) is 58.2 cm³/mol. The van der Waals surface area contributed by atoms with Crippen molar-refractivity contribution in [2.45, 2.75) is 18.4 Å². The number of hydrogen-bond acceptors (Lipinski definition) is 3. The number of rotatable bonds is 2. The van der Waals surface area contributed by atoms with Crippen LogP contribution in [-0.4, -0.2) is 23.8 Å². The number of halogens is 1. The van der Waals surface area contributed by atoms with Crippen LogP contribution in [0.3, 0.4) is 0 Å². The topological polar surface area (TPSA) is 32.3 Å². The molecule has 2 heterocycles. The Kier molecular flexibility index (Phi) is 2.74. The van der Waals surface area contributed by atoms with Crippen molar-refractivity contribution in [2.75, 3.05) is 13.1 Å². The summed E-state index contributed by atoms with van der Waals surface area (Å²) in [6.07, 6.45) is 1.62. The molecule has 1 aliphatic heterocycles. The third kappa shape index (κ3) is 2.13. The largest absolute Gasteiger partial charge is 0.388 e. The van der Waals surface area contributed by atoms with E-state index in [9.17, 15) is 5.11 Å². The molecular weight excluding hydrogens is 250 g/mol. The number of aliphatic hydroxyl groups is 1. The van der Waals surface area contributed by atoms with Crippen molar-refractivity contribution in [3.63, 3.8) is 0 Å². The summed E-state index contributed by atoms with van der Waals surface area (Å²) in [6.45, 7) is 1.65. The Hall–Kier alpha value is 0.1000. The van der Waals surface area contributed by atoms with Crippen molar-refractivity contribution >= 4 is 27.3 Å². The maximum absolute atomic E-state index is 10.1. The Morgan fingerprint density at radius 3 is 3.08 bits per heavy atom. The van der Waals surface area contributed by atoms with Crippen LogP contribution in [0.1, 0.15) is 11.3 Å². The Morgan fingerprint density at radius 1 is 1.69 bits per heavy atom. The molecule has 0 aliphatic carbocycles. The van der Waals surface area contributed by atoms with Gasteiger partial charge in [0.1, 0.15) is 0 Å². The van der Waals surface area contributed by atoms with E-state index < -0.39 is 5.60 Å². The van der Waals surface area contributed by atoms with Gasteiger partial charge in [-0.1, -0.05) is 0 Å². The Balaban J connectivity index is 2.09. The summed E-state index contributed by atoms with van der Waals surface area (Å²) >= 11 is 5.18. The van der Waals surface area contributed by atoms with Gasteiger partial charge < -0.3 is 10.4 Å². The third-order valence-electron chi connectivity index (χ3n) is 2.40. The molecule has 1 atom stereocenters. The van der Waals surface area contributed by atoms with Crippen LogP contribution in [0, 0.1) is 0 Å². The molecule has 13 heavy (non-hydrogen) atoms. The van der Waals surface area contributed by atoms with E-state index in [1.807, 2.05) is 11.4 Å². The van der Waals surface area contributed by atoms with Crippen molar-refractivity contribution in [1.29, 1.82) is 0 Å². The summed E-state index contributed by atoms with van der Waals surface area (Å²) in [6, 6.07) is 2.03. The van der Waals surface area contributed by atoms with Crippen molar-refractivity contribution in [2.24, 2.45) is 0 Å². The first-order valence-corrected chi connectivity index (χ1v) is 6.02. The minimum Gasteiger partial charge on any atom is -0.388 e. The fraction of sp³-hybridized carbons (Fsp3) is 0.556. The monoisotopic (exact) mass is 261 g/mol. The highest BCUT2D eigenvalue weighted by atomic mass is 79.9. The second-order valence-corrected chi connectivity index (χ2v) is 5.37. The summed E-state index contributed by atoms with van der Waals surface area (Å²) in [7, 11) is 0. The van der Waals surface area contributed by atoms with Crippen molar-refractivity contribution in [3.8, 4) is 0 Å². The SMILES string of the molecule is OC1(Cc2sccc2Br)CCNC1. The van der Waals surface area contributed by atoms with Crippen LogP contribution in [-0.2, 0) is 6.42 Å². The van der Waals surface area contributed by atoms with E-state index in [-0.39, 0.29) is 0 Å². The predicted octanol–water partition coefficient (Wildman–Crippen LogP) is 1.78. The van der Waals surface area contributed by atoms with Crippen molar-refractivity contribution < 1.29 is 5.11 Å². The zero-order valence-electron chi connectivity index (χ0n) is 7.22. The molecule has 0 spiro atoms. The van der Waals surface area contributed by atoms with Crippen LogP contribution in [0.5, 0.6) is 0 Å². The van der Waals surface area contributed by atoms with Gasteiger partial charge in [-0.3, -0.25) is 0 Å². The normalized spacial score (nSPS) is 28.2. The van der Waals surface area contributed by atoms with Crippen molar-refractivity contribution in [1.82, 2.24) is 5.32 Å². The van der Waals surface area contributed by atoms with Gasteiger partial charge in [-0.15, -0.1) is 11.3 Å². The summed E-state index contributed by atoms with van der Waals surface area (Å²) in [5.74, 6) is 0. The van der Waals surface area contributed by atoms with E-state index in [2.05, 4.69) is 21.2 Å². The summed E-state index contributed by atoms with van der Waals surface area (Å²) in [5, 5.41) is 15.3. The second kappa shape index (κ2) is 3.69. The molecule has 1 aromatic heterocycles. The lowest BCUT2D eigenvalue weighted by atomic mass is 9.98. The highest BCUT2D eigenvalue weighted by Crippen LogP contribution is 2.29. The molecule has 4 heteroatoms. The molecule has 2 N–H and O–H groups in total. The van der Waals surface area contributed by atoms with Gasteiger partial charge in [-0.25, -0.2) is 0 Å². The molecule has 1 saturated heterocycles. The maximum atomic E-state index is 10.1. The summed E-state index contributed by atoms with van der Waals surface area (Å²) in [4.78, 5) is 1.24. The quantitative estimate of drug-likeness (QED) is 0.851. The van der Waals surface area contributed by atoms with E-state index >= 15 is 0 Å². The first-order chi connectivity index (χ1) is 6.20. The molecule has 0 aromatic carbocycles. The molecule has 72 valence electrons. The van der Waals surface area contributed by atoms with E-state index in [1.54, 1.807) is 11.3 Å². The Bertz CT molecular complexity index is 294.